The number of allylic oxidation sites excluding steroid dienone is 1. The van der Waals surface area contributed by atoms with E-state index in [1.54, 1.807) is 0 Å². The molecule has 0 saturated carbocycles. The molecule has 0 spiro atoms. The molecule has 26 heavy (non-hydrogen) atoms. The van der Waals surface area contributed by atoms with Crippen LogP contribution in [0.4, 0.5) is 0 Å². The fourth-order valence-corrected chi connectivity index (χ4v) is 3.44. The summed E-state index contributed by atoms with van der Waals surface area (Å²) in [5, 5.41) is 6.46. The monoisotopic (exact) mass is 348 g/mol. The zero-order valence-corrected chi connectivity index (χ0v) is 15.3. The van der Waals surface area contributed by atoms with Crippen LogP contribution < -0.4 is 10.6 Å². The largest absolute Gasteiger partial charge is 0.344 e. The molecule has 1 aliphatic rings. The topological polar surface area (TPSA) is 41.1 Å². The summed E-state index contributed by atoms with van der Waals surface area (Å²) in [5.41, 5.74) is 3.73. The highest BCUT2D eigenvalue weighted by molar-refractivity contribution is 5.79. The molecular formula is C23H28N2O. The van der Waals surface area contributed by atoms with Gasteiger partial charge in [0.2, 0.25) is 5.91 Å². The van der Waals surface area contributed by atoms with Crippen molar-refractivity contribution in [2.45, 2.75) is 38.1 Å². The van der Waals surface area contributed by atoms with E-state index in [4.69, 9.17) is 0 Å². The maximum Gasteiger partial charge on any atom is 0.234 e. The molecule has 2 aromatic carbocycles. The second-order valence-corrected chi connectivity index (χ2v) is 6.86. The molecule has 0 atom stereocenters. The molecule has 0 radical (unpaired) electrons. The van der Waals surface area contributed by atoms with Crippen LogP contribution in [0.3, 0.4) is 0 Å². The van der Waals surface area contributed by atoms with Crippen LogP contribution in [0.2, 0.25) is 0 Å². The molecule has 0 unspecified atom stereocenters. The number of hydrogen-bond donors (Lipinski definition) is 2. The van der Waals surface area contributed by atoms with Crippen LogP contribution >= 0.6 is 0 Å². The van der Waals surface area contributed by atoms with Crippen LogP contribution in [-0.4, -0.2) is 19.0 Å². The SMILES string of the molecule is O=C(CNCCC1=CCCCC1)NC(c1ccccc1)c1ccccc1. The predicted octanol–water partition coefficient (Wildman–Crippen LogP) is 4.37. The van der Waals surface area contributed by atoms with Gasteiger partial charge in [-0.3, -0.25) is 4.79 Å². The van der Waals surface area contributed by atoms with Gasteiger partial charge < -0.3 is 10.6 Å². The van der Waals surface area contributed by atoms with Gasteiger partial charge in [0.25, 0.3) is 0 Å². The van der Waals surface area contributed by atoms with Gasteiger partial charge in [-0.25, -0.2) is 0 Å². The van der Waals surface area contributed by atoms with E-state index < -0.39 is 0 Å². The van der Waals surface area contributed by atoms with Gasteiger partial charge in [0.05, 0.1) is 12.6 Å². The molecule has 3 heteroatoms. The Morgan fingerprint density at radius 1 is 0.923 bits per heavy atom. The minimum atomic E-state index is -0.118. The summed E-state index contributed by atoms with van der Waals surface area (Å²) in [7, 11) is 0. The summed E-state index contributed by atoms with van der Waals surface area (Å²) in [6.45, 7) is 1.21. The van der Waals surface area contributed by atoms with Crippen molar-refractivity contribution in [3.63, 3.8) is 0 Å². The number of hydrogen-bond acceptors (Lipinski definition) is 2. The third-order valence-corrected chi connectivity index (χ3v) is 4.86. The Labute approximate surface area is 156 Å². The molecule has 0 fully saturated rings. The molecule has 0 aromatic heterocycles. The molecule has 0 saturated heterocycles. The van der Waals surface area contributed by atoms with Crippen molar-refractivity contribution in [3.05, 3.63) is 83.4 Å². The minimum Gasteiger partial charge on any atom is -0.344 e. The summed E-state index contributed by atoms with van der Waals surface area (Å²) in [6.07, 6.45) is 8.48. The molecule has 0 heterocycles. The minimum absolute atomic E-state index is 0.0281. The van der Waals surface area contributed by atoms with E-state index in [1.165, 1.54) is 31.3 Å². The standard InChI is InChI=1S/C23H28N2O/c26-22(18-24-17-16-19-10-4-1-5-11-19)25-23(20-12-6-2-7-13-20)21-14-8-3-9-15-21/h2-3,6-10,12-15,23-24H,1,4-5,11,16-18H2,(H,25,26). The number of nitrogens with one attached hydrogen (secondary N) is 2. The zero-order chi connectivity index (χ0) is 18.0. The van der Waals surface area contributed by atoms with E-state index >= 15 is 0 Å². The molecule has 136 valence electrons. The summed E-state index contributed by atoms with van der Waals surface area (Å²) < 4.78 is 0. The number of carbonyl (C=O) groups is 1. The highest BCUT2D eigenvalue weighted by Crippen LogP contribution is 2.21. The summed E-state index contributed by atoms with van der Waals surface area (Å²) in [4.78, 5) is 12.5. The summed E-state index contributed by atoms with van der Waals surface area (Å²) in [6, 6.07) is 20.1. The van der Waals surface area contributed by atoms with Gasteiger partial charge in [0.1, 0.15) is 0 Å². The van der Waals surface area contributed by atoms with Gasteiger partial charge in [-0.2, -0.15) is 0 Å². The Morgan fingerprint density at radius 2 is 1.58 bits per heavy atom. The van der Waals surface area contributed by atoms with Gasteiger partial charge in [-0.05, 0) is 49.8 Å². The zero-order valence-electron chi connectivity index (χ0n) is 15.3. The molecule has 0 bridgehead atoms. The van der Waals surface area contributed by atoms with E-state index in [1.807, 2.05) is 36.4 Å². The van der Waals surface area contributed by atoms with Gasteiger partial charge in [-0.1, -0.05) is 72.3 Å². The van der Waals surface area contributed by atoms with Crippen LogP contribution in [-0.2, 0) is 4.79 Å². The Hall–Kier alpha value is -2.39. The van der Waals surface area contributed by atoms with Crippen LogP contribution in [0.15, 0.2) is 72.3 Å². The maximum absolute atomic E-state index is 12.5. The highest BCUT2D eigenvalue weighted by Gasteiger charge is 2.16. The smallest absolute Gasteiger partial charge is 0.234 e. The number of carbonyl (C=O) groups excluding carboxylic acids is 1. The van der Waals surface area contributed by atoms with E-state index in [-0.39, 0.29) is 11.9 Å². The fraction of sp³-hybridized carbons (Fsp3) is 0.348. The lowest BCUT2D eigenvalue weighted by atomic mass is 9.97. The Kier molecular flexibility index (Phi) is 7.03. The highest BCUT2D eigenvalue weighted by atomic mass is 16.1. The first-order valence-corrected chi connectivity index (χ1v) is 9.61. The molecule has 2 N–H and O–H groups in total. The molecule has 3 rings (SSSR count). The van der Waals surface area contributed by atoms with Crippen LogP contribution in [0, 0.1) is 0 Å². The summed E-state index contributed by atoms with van der Waals surface area (Å²) in [5.74, 6) is 0.0281. The van der Waals surface area contributed by atoms with Crippen LogP contribution in [0.25, 0.3) is 0 Å². The van der Waals surface area contributed by atoms with E-state index in [0.717, 1.165) is 24.1 Å². The van der Waals surface area contributed by atoms with Crippen molar-refractivity contribution in [1.82, 2.24) is 10.6 Å². The van der Waals surface area contributed by atoms with Crippen molar-refractivity contribution in [2.75, 3.05) is 13.1 Å². The second-order valence-electron chi connectivity index (χ2n) is 6.86. The molecular weight excluding hydrogens is 320 g/mol. The van der Waals surface area contributed by atoms with Gasteiger partial charge >= 0.3 is 0 Å². The van der Waals surface area contributed by atoms with Crippen molar-refractivity contribution in [3.8, 4) is 0 Å². The van der Waals surface area contributed by atoms with E-state index in [9.17, 15) is 4.79 Å². The van der Waals surface area contributed by atoms with Crippen molar-refractivity contribution in [1.29, 1.82) is 0 Å². The first-order valence-electron chi connectivity index (χ1n) is 9.61. The second kappa shape index (κ2) is 9.93. The molecule has 1 amide bonds. The van der Waals surface area contributed by atoms with Crippen LogP contribution in [0.5, 0.6) is 0 Å². The Balaban J connectivity index is 1.53. The molecule has 0 aliphatic heterocycles. The van der Waals surface area contributed by atoms with Crippen molar-refractivity contribution >= 4 is 5.91 Å². The predicted molar refractivity (Wildman–Crippen MR) is 107 cm³/mol. The lowest BCUT2D eigenvalue weighted by Crippen LogP contribution is -2.37. The third-order valence-electron chi connectivity index (χ3n) is 4.86. The van der Waals surface area contributed by atoms with Gasteiger partial charge in [0.15, 0.2) is 0 Å². The average molecular weight is 348 g/mol. The summed E-state index contributed by atoms with van der Waals surface area (Å²) >= 11 is 0. The Morgan fingerprint density at radius 3 is 2.15 bits per heavy atom. The average Bonchev–Trinajstić information content (AvgIpc) is 2.71. The van der Waals surface area contributed by atoms with E-state index in [2.05, 4.69) is 41.0 Å². The number of benzene rings is 2. The van der Waals surface area contributed by atoms with Crippen LogP contribution in [0.1, 0.15) is 49.3 Å². The first kappa shape index (κ1) is 18.4. The lowest BCUT2D eigenvalue weighted by Gasteiger charge is -2.20. The lowest BCUT2D eigenvalue weighted by molar-refractivity contribution is -0.120. The molecule has 1 aliphatic carbocycles. The third kappa shape index (κ3) is 5.57. The van der Waals surface area contributed by atoms with Crippen molar-refractivity contribution in [2.24, 2.45) is 0 Å². The molecule has 3 nitrogen and oxygen atoms in total. The molecule has 2 aromatic rings. The maximum atomic E-state index is 12.5. The fourth-order valence-electron chi connectivity index (χ4n) is 3.44. The normalized spacial score (nSPS) is 14.1. The quantitative estimate of drug-likeness (QED) is 0.549. The van der Waals surface area contributed by atoms with Crippen molar-refractivity contribution < 1.29 is 4.79 Å². The first-order chi connectivity index (χ1) is 12.8. The Bertz CT molecular complexity index is 670. The van der Waals surface area contributed by atoms with Gasteiger partial charge in [-0.15, -0.1) is 0 Å². The van der Waals surface area contributed by atoms with E-state index in [0.29, 0.717) is 6.54 Å². The number of rotatable bonds is 8. The van der Waals surface area contributed by atoms with Gasteiger partial charge in [0, 0.05) is 0 Å². The number of amides is 1.